The van der Waals surface area contributed by atoms with Gasteiger partial charge in [0, 0.05) is 18.6 Å². The molecule has 2 heterocycles. The molecule has 2 rings (SSSR count). The van der Waals surface area contributed by atoms with E-state index in [9.17, 15) is 0 Å². The topological polar surface area (TPSA) is 38.2 Å². The van der Waals surface area contributed by atoms with Crippen LogP contribution in [0.2, 0.25) is 5.02 Å². The molecule has 0 atom stereocenters. The molecule has 0 unspecified atom stereocenters. The summed E-state index contributed by atoms with van der Waals surface area (Å²) in [4.78, 5) is 10.4. The lowest BCUT2D eigenvalue weighted by atomic mass is 9.99. The number of hydrogen-bond acceptors (Lipinski definition) is 4. The molecule has 88 valence electrons. The van der Waals surface area contributed by atoms with Crippen molar-refractivity contribution in [1.29, 1.82) is 0 Å². The summed E-state index contributed by atoms with van der Waals surface area (Å²) in [6.45, 7) is 8.44. The highest BCUT2D eigenvalue weighted by atomic mass is 35.5. The van der Waals surface area contributed by atoms with Crippen LogP contribution in [0.3, 0.4) is 0 Å². The van der Waals surface area contributed by atoms with Gasteiger partial charge in [-0.1, -0.05) is 11.6 Å². The molecule has 1 aromatic rings. The molecule has 0 bridgehead atoms. The van der Waals surface area contributed by atoms with Crippen molar-refractivity contribution in [1.82, 2.24) is 14.9 Å². The van der Waals surface area contributed by atoms with Gasteiger partial charge in [-0.25, -0.2) is 9.97 Å². The summed E-state index contributed by atoms with van der Waals surface area (Å²) in [7, 11) is 0. The highest BCUT2D eigenvalue weighted by Gasteiger charge is 2.36. The molecule has 4 nitrogen and oxygen atoms in total. The summed E-state index contributed by atoms with van der Waals surface area (Å²) in [6, 6.07) is 0.406. The highest BCUT2D eigenvalue weighted by molar-refractivity contribution is 6.30. The van der Waals surface area contributed by atoms with Gasteiger partial charge in [-0.3, -0.25) is 4.90 Å². The molecule has 0 aromatic carbocycles. The van der Waals surface area contributed by atoms with E-state index in [1.807, 2.05) is 0 Å². The molecule has 1 aliphatic rings. The van der Waals surface area contributed by atoms with Crippen molar-refractivity contribution in [2.24, 2.45) is 0 Å². The summed E-state index contributed by atoms with van der Waals surface area (Å²) < 4.78 is 5.61. The van der Waals surface area contributed by atoms with Crippen molar-refractivity contribution in [3.63, 3.8) is 0 Å². The SMILES string of the molecule is CC(C)(C)N1CC(Oc2ncc(Cl)cn2)C1. The lowest BCUT2D eigenvalue weighted by Gasteiger charge is -2.46. The van der Waals surface area contributed by atoms with Crippen LogP contribution in [0.25, 0.3) is 0 Å². The Balaban J connectivity index is 1.84. The third kappa shape index (κ3) is 2.62. The molecule has 16 heavy (non-hydrogen) atoms. The van der Waals surface area contributed by atoms with E-state index in [-0.39, 0.29) is 11.6 Å². The first-order valence-electron chi connectivity index (χ1n) is 5.34. The van der Waals surface area contributed by atoms with Gasteiger partial charge in [0.1, 0.15) is 6.10 Å². The van der Waals surface area contributed by atoms with Crippen molar-refractivity contribution >= 4 is 11.6 Å². The van der Waals surface area contributed by atoms with Crippen LogP contribution in [-0.2, 0) is 0 Å². The van der Waals surface area contributed by atoms with Crippen LogP contribution in [0.1, 0.15) is 20.8 Å². The standard InChI is InChI=1S/C11H16ClN3O/c1-11(2,3)15-6-9(7-15)16-10-13-4-8(12)5-14-10/h4-5,9H,6-7H2,1-3H3. The Kier molecular flexibility index (Phi) is 3.04. The van der Waals surface area contributed by atoms with Crippen LogP contribution in [-0.4, -0.2) is 39.6 Å². The second-order valence-electron chi connectivity index (χ2n) is 5.00. The average Bonchev–Trinajstić information content (AvgIpc) is 2.11. The summed E-state index contributed by atoms with van der Waals surface area (Å²) in [6.07, 6.45) is 3.29. The molecule has 1 aromatic heterocycles. The molecule has 1 fully saturated rings. The van der Waals surface area contributed by atoms with E-state index < -0.39 is 0 Å². The van der Waals surface area contributed by atoms with Crippen LogP contribution in [0, 0.1) is 0 Å². The number of hydrogen-bond donors (Lipinski definition) is 0. The zero-order chi connectivity index (χ0) is 11.8. The van der Waals surface area contributed by atoms with E-state index in [4.69, 9.17) is 16.3 Å². The maximum absolute atomic E-state index is 5.69. The predicted octanol–water partition coefficient (Wildman–Crippen LogP) is 1.99. The first kappa shape index (κ1) is 11.6. The first-order chi connectivity index (χ1) is 7.45. The fourth-order valence-corrected chi connectivity index (χ4v) is 1.67. The minimum absolute atomic E-state index is 0.195. The number of likely N-dealkylation sites (tertiary alicyclic amines) is 1. The fourth-order valence-electron chi connectivity index (χ4n) is 1.57. The number of rotatable bonds is 2. The van der Waals surface area contributed by atoms with Gasteiger partial charge in [-0.05, 0) is 20.8 Å². The Bertz CT molecular complexity index is 354. The number of halogens is 1. The van der Waals surface area contributed by atoms with E-state index in [1.165, 1.54) is 0 Å². The Morgan fingerprint density at radius 2 is 1.88 bits per heavy atom. The maximum atomic E-state index is 5.69. The van der Waals surface area contributed by atoms with E-state index in [1.54, 1.807) is 12.4 Å². The summed E-state index contributed by atoms with van der Waals surface area (Å²) in [5.74, 6) is 0. The molecular weight excluding hydrogens is 226 g/mol. The van der Waals surface area contributed by atoms with Gasteiger partial charge in [-0.15, -0.1) is 0 Å². The van der Waals surface area contributed by atoms with E-state index in [2.05, 4.69) is 35.6 Å². The minimum Gasteiger partial charge on any atom is -0.457 e. The van der Waals surface area contributed by atoms with Crippen molar-refractivity contribution in [2.75, 3.05) is 13.1 Å². The molecule has 1 saturated heterocycles. The molecular formula is C11H16ClN3O. The van der Waals surface area contributed by atoms with E-state index in [0.717, 1.165) is 13.1 Å². The highest BCUT2D eigenvalue weighted by Crippen LogP contribution is 2.23. The molecule has 0 N–H and O–H groups in total. The minimum atomic E-state index is 0.195. The summed E-state index contributed by atoms with van der Waals surface area (Å²) in [5.41, 5.74) is 0.209. The smallest absolute Gasteiger partial charge is 0.316 e. The van der Waals surface area contributed by atoms with Crippen molar-refractivity contribution < 1.29 is 4.74 Å². The number of aromatic nitrogens is 2. The molecule has 0 amide bonds. The summed E-state index contributed by atoms with van der Waals surface area (Å²) in [5, 5.41) is 0.525. The zero-order valence-electron chi connectivity index (χ0n) is 9.77. The first-order valence-corrected chi connectivity index (χ1v) is 5.72. The summed E-state index contributed by atoms with van der Waals surface area (Å²) >= 11 is 5.69. The molecule has 0 spiro atoms. The van der Waals surface area contributed by atoms with E-state index >= 15 is 0 Å². The van der Waals surface area contributed by atoms with Gasteiger partial charge in [0.15, 0.2) is 0 Å². The monoisotopic (exact) mass is 241 g/mol. The van der Waals surface area contributed by atoms with Gasteiger partial charge in [-0.2, -0.15) is 0 Å². The normalized spacial score (nSPS) is 18.2. The van der Waals surface area contributed by atoms with Crippen LogP contribution < -0.4 is 4.74 Å². The second kappa shape index (κ2) is 4.18. The van der Waals surface area contributed by atoms with E-state index in [0.29, 0.717) is 11.0 Å². The Morgan fingerprint density at radius 3 is 2.38 bits per heavy atom. The van der Waals surface area contributed by atoms with Crippen LogP contribution in [0.4, 0.5) is 0 Å². The molecule has 0 radical (unpaired) electrons. The Morgan fingerprint density at radius 1 is 1.31 bits per heavy atom. The van der Waals surface area contributed by atoms with Gasteiger partial charge >= 0.3 is 6.01 Å². The fraction of sp³-hybridized carbons (Fsp3) is 0.636. The average molecular weight is 242 g/mol. The lowest BCUT2D eigenvalue weighted by molar-refractivity contribution is -0.0387. The maximum Gasteiger partial charge on any atom is 0.316 e. The van der Waals surface area contributed by atoms with Crippen molar-refractivity contribution in [2.45, 2.75) is 32.4 Å². The lowest BCUT2D eigenvalue weighted by Crippen LogP contribution is -2.60. The predicted molar refractivity (Wildman–Crippen MR) is 62.8 cm³/mol. The zero-order valence-corrected chi connectivity index (χ0v) is 10.5. The molecule has 5 heteroatoms. The second-order valence-corrected chi connectivity index (χ2v) is 5.44. The molecule has 1 aliphatic heterocycles. The third-order valence-corrected chi connectivity index (χ3v) is 2.86. The van der Waals surface area contributed by atoms with Crippen molar-refractivity contribution in [3.05, 3.63) is 17.4 Å². The van der Waals surface area contributed by atoms with Crippen LogP contribution in [0.5, 0.6) is 6.01 Å². The molecule has 0 aliphatic carbocycles. The van der Waals surface area contributed by atoms with Gasteiger partial charge in [0.2, 0.25) is 0 Å². The van der Waals surface area contributed by atoms with Gasteiger partial charge in [0.05, 0.1) is 17.4 Å². The van der Waals surface area contributed by atoms with Crippen LogP contribution in [0.15, 0.2) is 12.4 Å². The third-order valence-electron chi connectivity index (χ3n) is 2.67. The molecule has 0 saturated carbocycles. The number of ether oxygens (including phenoxy) is 1. The Hall–Kier alpha value is -0.870. The van der Waals surface area contributed by atoms with Crippen molar-refractivity contribution in [3.8, 4) is 6.01 Å². The van der Waals surface area contributed by atoms with Crippen LogP contribution >= 0.6 is 11.6 Å². The Labute approximate surface area is 101 Å². The quantitative estimate of drug-likeness (QED) is 0.794. The van der Waals surface area contributed by atoms with Gasteiger partial charge < -0.3 is 4.74 Å². The number of nitrogens with zero attached hydrogens (tertiary/aromatic N) is 3. The van der Waals surface area contributed by atoms with Gasteiger partial charge in [0.25, 0.3) is 0 Å². The largest absolute Gasteiger partial charge is 0.457 e.